The number of fused-ring (bicyclic) bond motifs is 1. The standard InChI is InChI=1S/C12H14ClN3O2S/c13-10-4-1-5-12-14-11(15-16(10)12)7-9-3-2-6-19(17,18)8-9/h1,4-5,9H,2-3,6-8H2. The van der Waals surface area contributed by atoms with Gasteiger partial charge in [-0.3, -0.25) is 0 Å². The van der Waals surface area contributed by atoms with Crippen molar-refractivity contribution in [2.75, 3.05) is 11.5 Å². The molecule has 0 radical (unpaired) electrons. The van der Waals surface area contributed by atoms with Gasteiger partial charge in [0.15, 0.2) is 21.3 Å². The van der Waals surface area contributed by atoms with Crippen molar-refractivity contribution in [1.82, 2.24) is 14.6 Å². The lowest BCUT2D eigenvalue weighted by molar-refractivity contribution is 0.475. The zero-order valence-corrected chi connectivity index (χ0v) is 11.9. The molecule has 0 amide bonds. The van der Waals surface area contributed by atoms with E-state index in [4.69, 9.17) is 11.6 Å². The highest BCUT2D eigenvalue weighted by Gasteiger charge is 2.26. The average molecular weight is 300 g/mol. The van der Waals surface area contributed by atoms with Gasteiger partial charge in [0.05, 0.1) is 11.5 Å². The highest BCUT2D eigenvalue weighted by Crippen LogP contribution is 2.22. The van der Waals surface area contributed by atoms with Crippen LogP contribution in [-0.4, -0.2) is 34.5 Å². The van der Waals surface area contributed by atoms with Crippen LogP contribution in [0.25, 0.3) is 5.65 Å². The second-order valence-electron chi connectivity index (χ2n) is 4.97. The van der Waals surface area contributed by atoms with Crippen molar-refractivity contribution >= 4 is 27.1 Å². The first-order chi connectivity index (χ1) is 9.03. The molecule has 5 nitrogen and oxygen atoms in total. The smallest absolute Gasteiger partial charge is 0.157 e. The van der Waals surface area contributed by atoms with Gasteiger partial charge in [0.2, 0.25) is 0 Å². The number of aromatic nitrogens is 3. The summed E-state index contributed by atoms with van der Waals surface area (Å²) >= 11 is 6.02. The Morgan fingerprint density at radius 1 is 1.42 bits per heavy atom. The molecule has 1 unspecified atom stereocenters. The van der Waals surface area contributed by atoms with E-state index in [1.54, 1.807) is 10.6 Å². The summed E-state index contributed by atoms with van der Waals surface area (Å²) in [5.74, 6) is 1.34. The molecule has 1 aliphatic heterocycles. The van der Waals surface area contributed by atoms with Crippen LogP contribution in [0.4, 0.5) is 0 Å². The average Bonchev–Trinajstić information content (AvgIpc) is 2.71. The number of hydrogen-bond donors (Lipinski definition) is 0. The first-order valence-corrected chi connectivity index (χ1v) is 8.44. The molecule has 3 rings (SSSR count). The number of halogens is 1. The van der Waals surface area contributed by atoms with E-state index in [-0.39, 0.29) is 11.7 Å². The Morgan fingerprint density at radius 3 is 3.00 bits per heavy atom. The molecule has 2 aromatic rings. The summed E-state index contributed by atoms with van der Waals surface area (Å²) in [4.78, 5) is 4.39. The van der Waals surface area contributed by atoms with Crippen molar-refractivity contribution < 1.29 is 8.42 Å². The normalized spacial score (nSPS) is 22.7. The van der Waals surface area contributed by atoms with Gasteiger partial charge in [-0.05, 0) is 30.9 Å². The lowest BCUT2D eigenvalue weighted by atomic mass is 10.0. The van der Waals surface area contributed by atoms with Gasteiger partial charge >= 0.3 is 0 Å². The minimum atomic E-state index is -2.88. The lowest BCUT2D eigenvalue weighted by Gasteiger charge is -2.20. The minimum absolute atomic E-state index is 0.120. The van der Waals surface area contributed by atoms with Gasteiger partial charge in [0.1, 0.15) is 5.15 Å². The quantitative estimate of drug-likeness (QED) is 0.793. The number of nitrogens with zero attached hydrogens (tertiary/aromatic N) is 3. The molecule has 0 N–H and O–H groups in total. The third kappa shape index (κ3) is 2.74. The van der Waals surface area contributed by atoms with Crippen LogP contribution in [0, 0.1) is 5.92 Å². The van der Waals surface area contributed by atoms with Crippen LogP contribution in [0.1, 0.15) is 18.7 Å². The van der Waals surface area contributed by atoms with Crippen molar-refractivity contribution in [1.29, 1.82) is 0 Å². The largest absolute Gasteiger partial charge is 0.229 e. The van der Waals surface area contributed by atoms with Gasteiger partial charge in [-0.2, -0.15) is 0 Å². The van der Waals surface area contributed by atoms with E-state index in [2.05, 4.69) is 10.1 Å². The van der Waals surface area contributed by atoms with E-state index >= 15 is 0 Å². The fourth-order valence-corrected chi connectivity index (χ4v) is 4.51. The zero-order valence-electron chi connectivity index (χ0n) is 10.3. The Kier molecular flexibility index (Phi) is 3.22. The van der Waals surface area contributed by atoms with Crippen LogP contribution >= 0.6 is 11.6 Å². The number of pyridine rings is 1. The molecule has 0 aromatic carbocycles. The topological polar surface area (TPSA) is 64.3 Å². The molecule has 7 heteroatoms. The summed E-state index contributed by atoms with van der Waals surface area (Å²) in [5, 5.41) is 4.84. The van der Waals surface area contributed by atoms with Crippen molar-refractivity contribution in [3.63, 3.8) is 0 Å². The zero-order chi connectivity index (χ0) is 13.5. The predicted octanol–water partition coefficient (Wildman–Crippen LogP) is 1.75. The molecular formula is C12H14ClN3O2S. The van der Waals surface area contributed by atoms with Gasteiger partial charge in [-0.1, -0.05) is 17.7 Å². The Morgan fingerprint density at radius 2 is 2.26 bits per heavy atom. The molecule has 1 atom stereocenters. The third-order valence-electron chi connectivity index (χ3n) is 3.39. The maximum Gasteiger partial charge on any atom is 0.157 e. The first-order valence-electron chi connectivity index (χ1n) is 6.24. The van der Waals surface area contributed by atoms with Crippen LogP contribution in [0.15, 0.2) is 18.2 Å². The second kappa shape index (κ2) is 4.76. The second-order valence-corrected chi connectivity index (χ2v) is 7.59. The summed E-state index contributed by atoms with van der Waals surface area (Å²) in [7, 11) is -2.88. The summed E-state index contributed by atoms with van der Waals surface area (Å²) in [6.07, 6.45) is 2.25. The SMILES string of the molecule is O=S1(=O)CCCC(Cc2nc3cccc(Cl)n3n2)C1. The van der Waals surface area contributed by atoms with E-state index in [1.807, 2.05) is 12.1 Å². The molecule has 0 aliphatic carbocycles. The number of hydrogen-bond acceptors (Lipinski definition) is 4. The third-order valence-corrected chi connectivity index (χ3v) is 5.56. The molecule has 19 heavy (non-hydrogen) atoms. The van der Waals surface area contributed by atoms with Gasteiger partial charge in [0.25, 0.3) is 0 Å². The van der Waals surface area contributed by atoms with E-state index in [1.165, 1.54) is 0 Å². The highest BCUT2D eigenvalue weighted by molar-refractivity contribution is 7.91. The van der Waals surface area contributed by atoms with E-state index in [0.29, 0.717) is 28.8 Å². The van der Waals surface area contributed by atoms with E-state index < -0.39 is 9.84 Å². The number of rotatable bonds is 2. The Balaban J connectivity index is 1.84. The molecule has 3 heterocycles. The molecular weight excluding hydrogens is 286 g/mol. The molecule has 1 aliphatic rings. The van der Waals surface area contributed by atoms with Crippen LogP contribution in [-0.2, 0) is 16.3 Å². The lowest BCUT2D eigenvalue weighted by Crippen LogP contribution is -2.26. The fourth-order valence-electron chi connectivity index (χ4n) is 2.54. The molecule has 0 spiro atoms. The summed E-state index contributed by atoms with van der Waals surface area (Å²) in [5.41, 5.74) is 0.696. The molecule has 2 aromatic heterocycles. The maximum atomic E-state index is 11.6. The van der Waals surface area contributed by atoms with Crippen molar-refractivity contribution in [3.05, 3.63) is 29.2 Å². The minimum Gasteiger partial charge on any atom is -0.229 e. The van der Waals surface area contributed by atoms with Crippen molar-refractivity contribution in [2.24, 2.45) is 5.92 Å². The fraction of sp³-hybridized carbons (Fsp3) is 0.500. The first kappa shape index (κ1) is 12.9. The van der Waals surface area contributed by atoms with Crippen LogP contribution in [0.3, 0.4) is 0 Å². The molecule has 0 bridgehead atoms. The Hall–Kier alpha value is -1.14. The predicted molar refractivity (Wildman–Crippen MR) is 73.1 cm³/mol. The molecule has 102 valence electrons. The van der Waals surface area contributed by atoms with Crippen molar-refractivity contribution in [2.45, 2.75) is 19.3 Å². The van der Waals surface area contributed by atoms with Crippen LogP contribution < -0.4 is 0 Å². The maximum absolute atomic E-state index is 11.6. The summed E-state index contributed by atoms with van der Waals surface area (Å²) in [6.45, 7) is 0. The van der Waals surface area contributed by atoms with Gasteiger partial charge < -0.3 is 0 Å². The van der Waals surface area contributed by atoms with Crippen LogP contribution in [0.2, 0.25) is 5.15 Å². The van der Waals surface area contributed by atoms with Crippen molar-refractivity contribution in [3.8, 4) is 0 Å². The molecule has 0 saturated carbocycles. The van der Waals surface area contributed by atoms with Crippen LogP contribution in [0.5, 0.6) is 0 Å². The monoisotopic (exact) mass is 299 g/mol. The Labute approximate surface area is 116 Å². The van der Waals surface area contributed by atoms with E-state index in [9.17, 15) is 8.42 Å². The molecule has 1 fully saturated rings. The van der Waals surface area contributed by atoms with E-state index in [0.717, 1.165) is 12.8 Å². The highest BCUT2D eigenvalue weighted by atomic mass is 35.5. The summed E-state index contributed by atoms with van der Waals surface area (Å²) in [6, 6.07) is 5.40. The van der Waals surface area contributed by atoms with Gasteiger partial charge in [-0.15, -0.1) is 5.10 Å². The summed E-state index contributed by atoms with van der Waals surface area (Å²) < 4.78 is 24.8. The van der Waals surface area contributed by atoms with Gasteiger partial charge in [0, 0.05) is 6.42 Å². The Bertz CT molecular complexity index is 711. The van der Waals surface area contributed by atoms with Gasteiger partial charge in [-0.25, -0.2) is 17.9 Å². The number of sulfone groups is 1. The molecule has 1 saturated heterocycles.